The fourth-order valence-electron chi connectivity index (χ4n) is 2.63. The van der Waals surface area contributed by atoms with Crippen LogP contribution in [0, 0.1) is 0 Å². The Labute approximate surface area is 153 Å². The highest BCUT2D eigenvalue weighted by atomic mass is 35.5. The quantitative estimate of drug-likeness (QED) is 0.789. The van der Waals surface area contributed by atoms with E-state index in [4.69, 9.17) is 11.6 Å². The number of carbonyl (C=O) groups excluding carboxylic acids is 2. The maximum Gasteiger partial charge on any atom is 0.234 e. The first-order valence-electron chi connectivity index (χ1n) is 8.21. The van der Waals surface area contributed by atoms with Crippen LogP contribution < -0.4 is 5.32 Å². The summed E-state index contributed by atoms with van der Waals surface area (Å²) in [6.45, 7) is 2.33. The molecule has 2 rings (SSSR count). The van der Waals surface area contributed by atoms with E-state index in [1.165, 1.54) is 6.92 Å². The Morgan fingerprint density at radius 1 is 1.08 bits per heavy atom. The van der Waals surface area contributed by atoms with Crippen molar-refractivity contribution in [3.8, 4) is 0 Å². The van der Waals surface area contributed by atoms with Gasteiger partial charge in [0.25, 0.3) is 0 Å². The number of halogens is 1. The second kappa shape index (κ2) is 9.35. The van der Waals surface area contributed by atoms with Crippen LogP contribution in [0.4, 0.5) is 0 Å². The van der Waals surface area contributed by atoms with Gasteiger partial charge in [-0.05, 0) is 43.7 Å². The third-order valence-corrected chi connectivity index (χ3v) is 4.10. The van der Waals surface area contributed by atoms with Crippen LogP contribution >= 0.6 is 11.6 Å². The molecule has 0 saturated carbocycles. The molecule has 4 nitrogen and oxygen atoms in total. The summed E-state index contributed by atoms with van der Waals surface area (Å²) in [7, 11) is 1.86. The molecule has 1 N–H and O–H groups in total. The van der Waals surface area contributed by atoms with E-state index >= 15 is 0 Å². The van der Waals surface area contributed by atoms with E-state index in [0.29, 0.717) is 18.0 Å². The molecule has 0 aliphatic rings. The minimum atomic E-state index is -0.505. The lowest BCUT2D eigenvalue weighted by Crippen LogP contribution is -2.45. The lowest BCUT2D eigenvalue weighted by atomic mass is 10.0. The van der Waals surface area contributed by atoms with Crippen molar-refractivity contribution in [2.24, 2.45) is 0 Å². The van der Waals surface area contributed by atoms with Gasteiger partial charge in [-0.1, -0.05) is 54.1 Å². The maximum absolute atomic E-state index is 12.3. The molecule has 0 aromatic heterocycles. The Kier molecular flexibility index (Phi) is 7.16. The van der Waals surface area contributed by atoms with E-state index in [9.17, 15) is 9.59 Å². The van der Waals surface area contributed by atoms with Gasteiger partial charge in [-0.25, -0.2) is 0 Å². The number of nitrogens with zero attached hydrogens (tertiary/aromatic N) is 1. The largest absolute Gasteiger partial charge is 0.345 e. The number of benzene rings is 2. The van der Waals surface area contributed by atoms with E-state index < -0.39 is 6.04 Å². The molecular formula is C20H23ClN2O2. The predicted octanol–water partition coefficient (Wildman–Crippen LogP) is 3.09. The van der Waals surface area contributed by atoms with Crippen molar-refractivity contribution < 1.29 is 9.59 Å². The fourth-order valence-corrected chi connectivity index (χ4v) is 2.85. The SMILES string of the molecule is CC(=O)[C@@H](Cc1ccccc1)NC(=O)CN(C)Cc1cccc(Cl)c1. The molecule has 25 heavy (non-hydrogen) atoms. The molecule has 1 atom stereocenters. The molecule has 0 heterocycles. The lowest BCUT2D eigenvalue weighted by Gasteiger charge is -2.20. The van der Waals surface area contributed by atoms with Gasteiger partial charge in [-0.2, -0.15) is 0 Å². The summed E-state index contributed by atoms with van der Waals surface area (Å²) in [6.07, 6.45) is 0.500. The molecule has 0 spiro atoms. The maximum atomic E-state index is 12.3. The number of likely N-dealkylation sites (N-methyl/N-ethyl adjacent to an activating group) is 1. The van der Waals surface area contributed by atoms with E-state index in [1.807, 2.05) is 66.5 Å². The molecule has 0 aliphatic heterocycles. The van der Waals surface area contributed by atoms with E-state index in [0.717, 1.165) is 11.1 Å². The van der Waals surface area contributed by atoms with Crippen molar-refractivity contribution in [3.05, 3.63) is 70.7 Å². The third kappa shape index (κ3) is 6.69. The zero-order chi connectivity index (χ0) is 18.2. The van der Waals surface area contributed by atoms with Gasteiger partial charge in [0, 0.05) is 11.6 Å². The summed E-state index contributed by atoms with van der Waals surface area (Å²) in [5.74, 6) is -0.213. The Morgan fingerprint density at radius 3 is 2.40 bits per heavy atom. The predicted molar refractivity (Wildman–Crippen MR) is 101 cm³/mol. The van der Waals surface area contributed by atoms with Gasteiger partial charge in [0.05, 0.1) is 12.6 Å². The number of Topliss-reactive ketones (excluding diaryl/α,β-unsaturated/α-hetero) is 1. The highest BCUT2D eigenvalue weighted by molar-refractivity contribution is 6.30. The summed E-state index contributed by atoms with van der Waals surface area (Å²) in [5.41, 5.74) is 2.06. The standard InChI is InChI=1S/C20H23ClN2O2/c1-15(24)19(12-16-7-4-3-5-8-16)22-20(25)14-23(2)13-17-9-6-10-18(21)11-17/h3-11,19H,12-14H2,1-2H3,(H,22,25)/t19-/m1/s1. The van der Waals surface area contributed by atoms with Crippen molar-refractivity contribution in [3.63, 3.8) is 0 Å². The number of nitrogens with one attached hydrogen (secondary N) is 1. The number of hydrogen-bond acceptors (Lipinski definition) is 3. The molecule has 5 heteroatoms. The Morgan fingerprint density at radius 2 is 1.76 bits per heavy atom. The van der Waals surface area contributed by atoms with Crippen LogP contribution in [0.3, 0.4) is 0 Å². The van der Waals surface area contributed by atoms with Crippen LogP contribution in [-0.4, -0.2) is 36.2 Å². The van der Waals surface area contributed by atoms with Crippen LogP contribution in [0.2, 0.25) is 5.02 Å². The van der Waals surface area contributed by atoms with E-state index in [1.54, 1.807) is 0 Å². The van der Waals surface area contributed by atoms with Crippen LogP contribution in [-0.2, 0) is 22.6 Å². The number of amides is 1. The second-order valence-electron chi connectivity index (χ2n) is 6.22. The minimum Gasteiger partial charge on any atom is -0.345 e. The number of rotatable bonds is 8. The van der Waals surface area contributed by atoms with Crippen molar-refractivity contribution in [2.45, 2.75) is 25.9 Å². The second-order valence-corrected chi connectivity index (χ2v) is 6.66. The summed E-state index contributed by atoms with van der Waals surface area (Å²) >= 11 is 5.98. The van der Waals surface area contributed by atoms with Crippen molar-refractivity contribution in [2.75, 3.05) is 13.6 Å². The molecular weight excluding hydrogens is 336 g/mol. The van der Waals surface area contributed by atoms with Gasteiger partial charge in [0.15, 0.2) is 5.78 Å². The van der Waals surface area contributed by atoms with Gasteiger partial charge < -0.3 is 5.32 Å². The van der Waals surface area contributed by atoms with Crippen LogP contribution in [0.25, 0.3) is 0 Å². The Hall–Kier alpha value is -2.17. The highest BCUT2D eigenvalue weighted by Crippen LogP contribution is 2.12. The molecule has 132 valence electrons. The minimum absolute atomic E-state index is 0.0466. The molecule has 0 radical (unpaired) electrons. The van der Waals surface area contributed by atoms with Gasteiger partial charge in [-0.3, -0.25) is 14.5 Å². The molecule has 2 aromatic rings. The average Bonchev–Trinajstić information content (AvgIpc) is 2.54. The number of hydrogen-bond donors (Lipinski definition) is 1. The zero-order valence-electron chi connectivity index (χ0n) is 14.5. The molecule has 0 bridgehead atoms. The van der Waals surface area contributed by atoms with Gasteiger partial charge in [-0.15, -0.1) is 0 Å². The summed E-state index contributed by atoms with van der Waals surface area (Å²) in [5, 5.41) is 3.51. The van der Waals surface area contributed by atoms with Crippen molar-refractivity contribution in [1.29, 1.82) is 0 Å². The Balaban J connectivity index is 1.89. The highest BCUT2D eigenvalue weighted by Gasteiger charge is 2.18. The molecule has 0 fully saturated rings. The molecule has 1 amide bonds. The summed E-state index contributed by atoms with van der Waals surface area (Å²) in [6, 6.07) is 16.7. The first-order chi connectivity index (χ1) is 11.9. The normalized spacial score (nSPS) is 12.0. The van der Waals surface area contributed by atoms with E-state index in [-0.39, 0.29) is 18.2 Å². The van der Waals surface area contributed by atoms with Crippen molar-refractivity contribution >= 4 is 23.3 Å². The van der Waals surface area contributed by atoms with Crippen LogP contribution in [0.15, 0.2) is 54.6 Å². The molecule has 0 aliphatic carbocycles. The molecule has 0 saturated heterocycles. The number of carbonyl (C=O) groups is 2. The summed E-state index contributed by atoms with van der Waals surface area (Å²) < 4.78 is 0. The molecule has 2 aromatic carbocycles. The monoisotopic (exact) mass is 358 g/mol. The van der Waals surface area contributed by atoms with Gasteiger partial charge in [0.2, 0.25) is 5.91 Å². The van der Waals surface area contributed by atoms with Gasteiger partial charge >= 0.3 is 0 Å². The van der Waals surface area contributed by atoms with E-state index in [2.05, 4.69) is 5.32 Å². The topological polar surface area (TPSA) is 49.4 Å². The van der Waals surface area contributed by atoms with Crippen LogP contribution in [0.5, 0.6) is 0 Å². The van der Waals surface area contributed by atoms with Crippen LogP contribution in [0.1, 0.15) is 18.1 Å². The van der Waals surface area contributed by atoms with Gasteiger partial charge in [0.1, 0.15) is 0 Å². The fraction of sp³-hybridized carbons (Fsp3) is 0.300. The molecule has 0 unspecified atom stereocenters. The Bertz CT molecular complexity index is 719. The third-order valence-electron chi connectivity index (χ3n) is 3.86. The average molecular weight is 359 g/mol. The first kappa shape index (κ1) is 19.2. The summed E-state index contributed by atoms with van der Waals surface area (Å²) in [4.78, 5) is 26.0. The van der Waals surface area contributed by atoms with Crippen molar-refractivity contribution in [1.82, 2.24) is 10.2 Å². The number of ketones is 1. The smallest absolute Gasteiger partial charge is 0.234 e. The lowest BCUT2D eigenvalue weighted by molar-refractivity contribution is -0.127. The zero-order valence-corrected chi connectivity index (χ0v) is 15.3. The first-order valence-corrected chi connectivity index (χ1v) is 8.58.